The zero-order valence-corrected chi connectivity index (χ0v) is 13.3. The third-order valence-electron chi connectivity index (χ3n) is 3.87. The Bertz CT molecular complexity index is 644. The van der Waals surface area contributed by atoms with Crippen molar-refractivity contribution in [1.29, 1.82) is 0 Å². The highest BCUT2D eigenvalue weighted by Gasteiger charge is 2.36. The highest BCUT2D eigenvalue weighted by atomic mass is 16.5. The summed E-state index contributed by atoms with van der Waals surface area (Å²) in [4.78, 5) is 14.7. The first-order valence-corrected chi connectivity index (χ1v) is 7.51. The molecule has 0 aromatic carbocycles. The highest BCUT2D eigenvalue weighted by molar-refractivity contribution is 5.95. The van der Waals surface area contributed by atoms with Gasteiger partial charge in [0.2, 0.25) is 0 Å². The summed E-state index contributed by atoms with van der Waals surface area (Å²) in [6.07, 6.45) is 3.74. The van der Waals surface area contributed by atoms with Gasteiger partial charge >= 0.3 is 0 Å². The van der Waals surface area contributed by atoms with Crippen molar-refractivity contribution in [3.63, 3.8) is 0 Å². The maximum absolute atomic E-state index is 12.8. The molecule has 1 atom stereocenters. The van der Waals surface area contributed by atoms with E-state index in [1.165, 1.54) is 0 Å². The number of hydrogen-bond donors (Lipinski definition) is 0. The number of pyridine rings is 1. The van der Waals surface area contributed by atoms with Crippen LogP contribution in [0.4, 0.5) is 0 Å². The van der Waals surface area contributed by atoms with Crippen molar-refractivity contribution in [1.82, 2.24) is 9.30 Å². The summed E-state index contributed by atoms with van der Waals surface area (Å²) in [6, 6.07) is 7.84. The van der Waals surface area contributed by atoms with Gasteiger partial charge in [-0.05, 0) is 32.0 Å². The van der Waals surface area contributed by atoms with E-state index in [1.54, 1.807) is 7.11 Å². The van der Waals surface area contributed by atoms with E-state index < -0.39 is 0 Å². The van der Waals surface area contributed by atoms with Crippen LogP contribution in [-0.4, -0.2) is 53.7 Å². The molecule has 1 fully saturated rings. The summed E-state index contributed by atoms with van der Waals surface area (Å²) in [6.45, 7) is 5.64. The second kappa shape index (κ2) is 5.74. The Morgan fingerprint density at radius 1 is 1.45 bits per heavy atom. The number of ether oxygens (including phenoxy) is 2. The number of hydrogen-bond acceptors (Lipinski definition) is 3. The number of morpholine rings is 1. The van der Waals surface area contributed by atoms with Crippen molar-refractivity contribution >= 4 is 11.4 Å². The largest absolute Gasteiger partial charge is 0.382 e. The van der Waals surface area contributed by atoms with Crippen molar-refractivity contribution in [2.24, 2.45) is 0 Å². The van der Waals surface area contributed by atoms with Gasteiger partial charge in [-0.1, -0.05) is 6.07 Å². The molecule has 1 aliphatic rings. The van der Waals surface area contributed by atoms with Crippen LogP contribution in [0.1, 0.15) is 24.2 Å². The molecular weight excluding hydrogens is 280 g/mol. The summed E-state index contributed by atoms with van der Waals surface area (Å²) in [5.41, 5.74) is 1.36. The normalized spacial score (nSPS) is 21.2. The minimum atomic E-state index is -0.365. The van der Waals surface area contributed by atoms with Gasteiger partial charge in [0.15, 0.2) is 0 Å². The predicted octanol–water partition coefficient (Wildman–Crippen LogP) is 2.21. The van der Waals surface area contributed by atoms with Gasteiger partial charge in [-0.25, -0.2) is 0 Å². The Labute approximate surface area is 130 Å². The van der Waals surface area contributed by atoms with Crippen LogP contribution in [0.25, 0.3) is 5.52 Å². The van der Waals surface area contributed by atoms with Crippen LogP contribution in [-0.2, 0) is 9.47 Å². The average molecular weight is 302 g/mol. The van der Waals surface area contributed by atoms with E-state index >= 15 is 0 Å². The molecule has 0 saturated carbocycles. The maximum Gasteiger partial charge on any atom is 0.255 e. The number of rotatable bonds is 3. The van der Waals surface area contributed by atoms with Crippen LogP contribution in [0.3, 0.4) is 0 Å². The van der Waals surface area contributed by atoms with Crippen LogP contribution in [0.5, 0.6) is 0 Å². The smallest absolute Gasteiger partial charge is 0.255 e. The van der Waals surface area contributed by atoms with Crippen molar-refractivity contribution in [3.05, 3.63) is 42.2 Å². The van der Waals surface area contributed by atoms with Crippen LogP contribution < -0.4 is 0 Å². The van der Waals surface area contributed by atoms with E-state index in [9.17, 15) is 4.79 Å². The summed E-state index contributed by atoms with van der Waals surface area (Å²) < 4.78 is 13.1. The number of amides is 1. The molecule has 0 N–H and O–H groups in total. The SMILES string of the molecule is COC[C@@H]1CN(C(=O)c2cc3ccccn3c2)CC(C)(C)O1. The lowest BCUT2D eigenvalue weighted by Gasteiger charge is -2.42. The third-order valence-corrected chi connectivity index (χ3v) is 3.87. The molecule has 118 valence electrons. The van der Waals surface area contributed by atoms with Crippen LogP contribution in [0.2, 0.25) is 0 Å². The molecule has 0 aliphatic carbocycles. The molecule has 1 aliphatic heterocycles. The van der Waals surface area contributed by atoms with Crippen LogP contribution in [0, 0.1) is 0 Å². The van der Waals surface area contributed by atoms with Crippen molar-refractivity contribution in [2.75, 3.05) is 26.8 Å². The molecule has 1 saturated heterocycles. The minimum Gasteiger partial charge on any atom is -0.382 e. The third kappa shape index (κ3) is 3.00. The average Bonchev–Trinajstić information content (AvgIpc) is 2.89. The molecule has 3 heterocycles. The summed E-state index contributed by atoms with van der Waals surface area (Å²) in [5, 5.41) is 0. The fourth-order valence-corrected chi connectivity index (χ4v) is 3.08. The van der Waals surface area contributed by atoms with E-state index in [2.05, 4.69) is 0 Å². The summed E-state index contributed by atoms with van der Waals surface area (Å²) in [5.74, 6) is 0.0428. The lowest BCUT2D eigenvalue weighted by atomic mass is 10.0. The van der Waals surface area contributed by atoms with Crippen LogP contribution in [0.15, 0.2) is 36.7 Å². The molecule has 0 unspecified atom stereocenters. The fraction of sp³-hybridized carbons (Fsp3) is 0.471. The first kappa shape index (κ1) is 15.1. The molecule has 3 rings (SSSR count). The lowest BCUT2D eigenvalue weighted by Crippen LogP contribution is -2.55. The molecule has 0 spiro atoms. The highest BCUT2D eigenvalue weighted by Crippen LogP contribution is 2.23. The van der Waals surface area contributed by atoms with Gasteiger partial charge < -0.3 is 18.8 Å². The standard InChI is InChI=1S/C17H22N2O3/c1-17(2)12-19(10-15(22-17)11-21-3)16(20)13-8-14-6-4-5-7-18(14)9-13/h4-9,15H,10-12H2,1-3H3/t15-/m0/s1. The zero-order valence-electron chi connectivity index (χ0n) is 13.3. The molecule has 5 heteroatoms. The van der Waals surface area contributed by atoms with Gasteiger partial charge in [-0.2, -0.15) is 0 Å². The molecule has 0 radical (unpaired) electrons. The van der Waals surface area contributed by atoms with E-state index in [0.717, 1.165) is 5.52 Å². The van der Waals surface area contributed by atoms with Gasteiger partial charge in [-0.15, -0.1) is 0 Å². The molecule has 0 bridgehead atoms. The zero-order chi connectivity index (χ0) is 15.7. The number of methoxy groups -OCH3 is 1. The number of aromatic nitrogens is 1. The number of fused-ring (bicyclic) bond motifs is 1. The molecular formula is C17H22N2O3. The maximum atomic E-state index is 12.8. The van der Waals surface area contributed by atoms with Gasteiger partial charge in [0, 0.05) is 38.1 Å². The topological polar surface area (TPSA) is 43.2 Å². The Kier molecular flexibility index (Phi) is 3.93. The Morgan fingerprint density at radius 2 is 2.27 bits per heavy atom. The van der Waals surface area contributed by atoms with E-state index in [1.807, 2.05) is 59.8 Å². The first-order chi connectivity index (χ1) is 10.5. The predicted molar refractivity (Wildman–Crippen MR) is 84.1 cm³/mol. The molecule has 5 nitrogen and oxygen atoms in total. The summed E-state index contributed by atoms with van der Waals surface area (Å²) in [7, 11) is 1.65. The Hall–Kier alpha value is -1.85. The van der Waals surface area contributed by atoms with Crippen molar-refractivity contribution in [3.8, 4) is 0 Å². The van der Waals surface area contributed by atoms with Crippen molar-refractivity contribution in [2.45, 2.75) is 25.6 Å². The van der Waals surface area contributed by atoms with Crippen LogP contribution >= 0.6 is 0 Å². The second-order valence-electron chi connectivity index (χ2n) is 6.40. The molecule has 2 aromatic heterocycles. The minimum absolute atomic E-state index is 0.0428. The van der Waals surface area contributed by atoms with E-state index in [0.29, 0.717) is 25.3 Å². The molecule has 2 aromatic rings. The Balaban J connectivity index is 1.83. The van der Waals surface area contributed by atoms with Crippen molar-refractivity contribution < 1.29 is 14.3 Å². The number of carbonyl (C=O) groups is 1. The molecule has 1 amide bonds. The lowest BCUT2D eigenvalue weighted by molar-refractivity contribution is -0.143. The number of carbonyl (C=O) groups excluding carboxylic acids is 1. The second-order valence-corrected chi connectivity index (χ2v) is 6.40. The Morgan fingerprint density at radius 3 is 3.00 bits per heavy atom. The quantitative estimate of drug-likeness (QED) is 0.873. The molecule has 22 heavy (non-hydrogen) atoms. The number of nitrogens with zero attached hydrogens (tertiary/aromatic N) is 2. The van der Waals surface area contributed by atoms with Gasteiger partial charge in [0.05, 0.1) is 23.9 Å². The van der Waals surface area contributed by atoms with E-state index in [-0.39, 0.29) is 17.6 Å². The van der Waals surface area contributed by atoms with Gasteiger partial charge in [-0.3, -0.25) is 4.79 Å². The monoisotopic (exact) mass is 302 g/mol. The first-order valence-electron chi connectivity index (χ1n) is 7.51. The van der Waals surface area contributed by atoms with E-state index in [4.69, 9.17) is 9.47 Å². The van der Waals surface area contributed by atoms with Gasteiger partial charge in [0.25, 0.3) is 5.91 Å². The van der Waals surface area contributed by atoms with Gasteiger partial charge in [0.1, 0.15) is 0 Å². The summed E-state index contributed by atoms with van der Waals surface area (Å²) >= 11 is 0. The fourth-order valence-electron chi connectivity index (χ4n) is 3.08.